The van der Waals surface area contributed by atoms with Gasteiger partial charge in [0.25, 0.3) is 0 Å². The summed E-state index contributed by atoms with van der Waals surface area (Å²) in [5, 5.41) is 0. The number of rotatable bonds is 2. The van der Waals surface area contributed by atoms with Crippen molar-refractivity contribution in [1.29, 1.82) is 0 Å². The Kier molecular flexibility index (Phi) is 3.34. The molecule has 0 aromatic heterocycles. The molecule has 1 heterocycles. The van der Waals surface area contributed by atoms with E-state index in [1.165, 1.54) is 25.1 Å². The van der Waals surface area contributed by atoms with E-state index < -0.39 is 0 Å². The Morgan fingerprint density at radius 3 is 2.56 bits per heavy atom. The molecule has 1 heteroatoms. The zero-order valence-corrected chi connectivity index (χ0v) is 10.7. The Bertz CT molecular complexity index is 329. The molecule has 0 aliphatic carbocycles. The summed E-state index contributed by atoms with van der Waals surface area (Å²) >= 11 is 0. The van der Waals surface area contributed by atoms with Gasteiger partial charge in [-0.1, -0.05) is 51.1 Å². The maximum atomic E-state index is 2.60. The fraction of sp³-hybridized carbons (Fsp3) is 0.600. The van der Waals surface area contributed by atoms with E-state index in [4.69, 9.17) is 0 Å². The van der Waals surface area contributed by atoms with Crippen LogP contribution in [0.1, 0.15) is 32.8 Å². The third-order valence-corrected chi connectivity index (χ3v) is 3.37. The summed E-state index contributed by atoms with van der Waals surface area (Å²) < 4.78 is 0. The van der Waals surface area contributed by atoms with Gasteiger partial charge in [0.05, 0.1) is 0 Å². The van der Waals surface area contributed by atoms with E-state index in [-0.39, 0.29) is 0 Å². The molecule has 0 spiro atoms. The predicted molar refractivity (Wildman–Crippen MR) is 69.3 cm³/mol. The average molecular weight is 217 g/mol. The largest absolute Gasteiger partial charge is 0.298 e. The van der Waals surface area contributed by atoms with Crippen LogP contribution in [0.3, 0.4) is 0 Å². The first kappa shape index (κ1) is 11.7. The molecule has 0 radical (unpaired) electrons. The minimum Gasteiger partial charge on any atom is -0.298 e. The number of piperidine rings is 1. The van der Waals surface area contributed by atoms with Gasteiger partial charge < -0.3 is 0 Å². The Hall–Kier alpha value is -0.820. The molecule has 0 N–H and O–H groups in total. The number of nitrogens with zero attached hydrogens (tertiary/aromatic N) is 1. The molecular formula is C15H23N. The minimum atomic E-state index is 0.479. The first-order valence-corrected chi connectivity index (χ1v) is 6.31. The Balaban J connectivity index is 2.00. The van der Waals surface area contributed by atoms with Crippen LogP contribution < -0.4 is 0 Å². The highest BCUT2D eigenvalue weighted by Gasteiger charge is 2.30. The highest BCUT2D eigenvalue weighted by molar-refractivity contribution is 5.14. The van der Waals surface area contributed by atoms with Gasteiger partial charge in [-0.15, -0.1) is 0 Å². The molecular weight excluding hydrogens is 194 g/mol. The predicted octanol–water partition coefficient (Wildman–Crippen LogP) is 3.55. The first-order chi connectivity index (χ1) is 7.55. The van der Waals surface area contributed by atoms with Gasteiger partial charge in [-0.25, -0.2) is 0 Å². The van der Waals surface area contributed by atoms with Crippen molar-refractivity contribution in [1.82, 2.24) is 4.90 Å². The van der Waals surface area contributed by atoms with Crippen LogP contribution >= 0.6 is 0 Å². The summed E-state index contributed by atoms with van der Waals surface area (Å²) in [6.07, 6.45) is 1.36. The van der Waals surface area contributed by atoms with Crippen molar-refractivity contribution in [3.8, 4) is 0 Å². The summed E-state index contributed by atoms with van der Waals surface area (Å²) in [5.41, 5.74) is 1.92. The van der Waals surface area contributed by atoms with Crippen LogP contribution in [0.4, 0.5) is 0 Å². The van der Waals surface area contributed by atoms with E-state index in [2.05, 4.69) is 56.0 Å². The lowest BCUT2D eigenvalue weighted by Crippen LogP contribution is -2.43. The highest BCUT2D eigenvalue weighted by atomic mass is 15.1. The van der Waals surface area contributed by atoms with Gasteiger partial charge in [0.2, 0.25) is 0 Å². The fourth-order valence-electron chi connectivity index (χ4n) is 3.15. The van der Waals surface area contributed by atoms with Crippen molar-refractivity contribution >= 4 is 0 Å². The number of likely N-dealkylation sites (tertiary alicyclic amines) is 1. The first-order valence-electron chi connectivity index (χ1n) is 6.31. The number of hydrogen-bond donors (Lipinski definition) is 0. The quantitative estimate of drug-likeness (QED) is 0.732. The van der Waals surface area contributed by atoms with Crippen LogP contribution in [0.15, 0.2) is 30.3 Å². The SMILES string of the molecule is C[C@@H]1CN(Cc2ccccc2)CC(C)(C)C1. The molecule has 0 saturated carbocycles. The summed E-state index contributed by atoms with van der Waals surface area (Å²) in [4.78, 5) is 2.60. The molecule has 1 aromatic carbocycles. The van der Waals surface area contributed by atoms with E-state index >= 15 is 0 Å². The maximum Gasteiger partial charge on any atom is 0.0234 e. The molecule has 1 aliphatic rings. The highest BCUT2D eigenvalue weighted by Crippen LogP contribution is 2.32. The van der Waals surface area contributed by atoms with Gasteiger partial charge in [0.1, 0.15) is 0 Å². The summed E-state index contributed by atoms with van der Waals surface area (Å²) in [6, 6.07) is 10.8. The van der Waals surface area contributed by atoms with Gasteiger partial charge in [-0.3, -0.25) is 4.90 Å². The van der Waals surface area contributed by atoms with Gasteiger partial charge >= 0.3 is 0 Å². The van der Waals surface area contributed by atoms with Crippen molar-refractivity contribution in [3.63, 3.8) is 0 Å². The summed E-state index contributed by atoms with van der Waals surface area (Å²) in [7, 11) is 0. The van der Waals surface area contributed by atoms with Gasteiger partial charge in [-0.2, -0.15) is 0 Å². The Labute approximate surface area is 99.5 Å². The van der Waals surface area contributed by atoms with Crippen molar-refractivity contribution in [2.24, 2.45) is 11.3 Å². The standard InChI is InChI=1S/C15H23N/c1-13-9-15(2,3)12-16(10-13)11-14-7-5-4-6-8-14/h4-8,13H,9-12H2,1-3H3/t13-/m0/s1. The second kappa shape index (κ2) is 4.58. The lowest BCUT2D eigenvalue weighted by atomic mass is 9.79. The van der Waals surface area contributed by atoms with Crippen LogP contribution in [0.25, 0.3) is 0 Å². The van der Waals surface area contributed by atoms with E-state index in [0.717, 1.165) is 12.5 Å². The molecule has 0 unspecified atom stereocenters. The topological polar surface area (TPSA) is 3.24 Å². The molecule has 1 nitrogen and oxygen atoms in total. The molecule has 16 heavy (non-hydrogen) atoms. The molecule has 1 aromatic rings. The van der Waals surface area contributed by atoms with Crippen LogP contribution in [0, 0.1) is 11.3 Å². The normalized spacial score (nSPS) is 25.6. The van der Waals surface area contributed by atoms with Crippen LogP contribution in [0.5, 0.6) is 0 Å². The van der Waals surface area contributed by atoms with Gasteiger partial charge in [0.15, 0.2) is 0 Å². The molecule has 1 fully saturated rings. The summed E-state index contributed by atoms with van der Waals surface area (Å²) in [6.45, 7) is 10.7. The van der Waals surface area contributed by atoms with Crippen molar-refractivity contribution in [3.05, 3.63) is 35.9 Å². The number of hydrogen-bond acceptors (Lipinski definition) is 1. The second-order valence-corrected chi connectivity index (χ2v) is 6.13. The third kappa shape index (κ3) is 3.08. The maximum absolute atomic E-state index is 2.60. The molecule has 0 amide bonds. The van der Waals surface area contributed by atoms with Crippen LogP contribution in [-0.2, 0) is 6.54 Å². The molecule has 2 rings (SSSR count). The Morgan fingerprint density at radius 1 is 1.25 bits per heavy atom. The molecule has 1 saturated heterocycles. The van der Waals surface area contributed by atoms with Crippen LogP contribution in [-0.4, -0.2) is 18.0 Å². The van der Waals surface area contributed by atoms with E-state index in [1.807, 2.05) is 0 Å². The van der Waals surface area contributed by atoms with Crippen molar-refractivity contribution < 1.29 is 0 Å². The minimum absolute atomic E-state index is 0.479. The average Bonchev–Trinajstić information content (AvgIpc) is 2.15. The van der Waals surface area contributed by atoms with Crippen LogP contribution in [0.2, 0.25) is 0 Å². The lowest BCUT2D eigenvalue weighted by molar-refractivity contribution is 0.0743. The molecule has 0 bridgehead atoms. The van der Waals surface area contributed by atoms with Gasteiger partial charge in [0, 0.05) is 19.6 Å². The van der Waals surface area contributed by atoms with E-state index in [1.54, 1.807) is 0 Å². The van der Waals surface area contributed by atoms with E-state index in [9.17, 15) is 0 Å². The zero-order valence-electron chi connectivity index (χ0n) is 10.7. The second-order valence-electron chi connectivity index (χ2n) is 6.13. The monoisotopic (exact) mass is 217 g/mol. The van der Waals surface area contributed by atoms with Crippen molar-refractivity contribution in [2.75, 3.05) is 13.1 Å². The summed E-state index contributed by atoms with van der Waals surface area (Å²) in [5.74, 6) is 0.826. The Morgan fingerprint density at radius 2 is 1.94 bits per heavy atom. The fourth-order valence-corrected chi connectivity index (χ4v) is 3.15. The smallest absolute Gasteiger partial charge is 0.0234 e. The molecule has 88 valence electrons. The third-order valence-electron chi connectivity index (χ3n) is 3.37. The number of benzene rings is 1. The molecule has 1 aliphatic heterocycles. The van der Waals surface area contributed by atoms with E-state index in [0.29, 0.717) is 5.41 Å². The zero-order chi connectivity index (χ0) is 11.6. The van der Waals surface area contributed by atoms with Gasteiger partial charge in [-0.05, 0) is 23.3 Å². The molecule has 1 atom stereocenters. The van der Waals surface area contributed by atoms with Crippen molar-refractivity contribution in [2.45, 2.75) is 33.7 Å². The lowest BCUT2D eigenvalue weighted by Gasteiger charge is -2.41.